The van der Waals surface area contributed by atoms with Crippen molar-refractivity contribution < 1.29 is 19.1 Å². The number of amides is 1. The zero-order chi connectivity index (χ0) is 17.5. The summed E-state index contributed by atoms with van der Waals surface area (Å²) >= 11 is 0. The molecule has 1 atom stereocenters. The number of carbonyl (C=O) groups excluding carboxylic acids is 2. The zero-order valence-electron chi connectivity index (χ0n) is 13.8. The number of ketones is 1. The highest BCUT2D eigenvalue weighted by atomic mass is 16.5. The molecule has 0 bridgehead atoms. The Balaban J connectivity index is 2.17. The van der Waals surface area contributed by atoms with Crippen LogP contribution in [-0.4, -0.2) is 43.9 Å². The molecule has 0 aromatic heterocycles. The minimum absolute atomic E-state index is 0.415. The van der Waals surface area contributed by atoms with Gasteiger partial charge in [0.25, 0.3) is 0 Å². The van der Waals surface area contributed by atoms with Gasteiger partial charge < -0.3 is 14.4 Å². The van der Waals surface area contributed by atoms with Gasteiger partial charge >= 0.3 is 0 Å². The number of hydrogen-bond donors (Lipinski definition) is 0. The van der Waals surface area contributed by atoms with Crippen molar-refractivity contribution >= 4 is 17.8 Å². The molecule has 6 nitrogen and oxygen atoms in total. The first-order valence-electron chi connectivity index (χ1n) is 7.73. The van der Waals surface area contributed by atoms with Crippen LogP contribution < -0.4 is 9.47 Å². The van der Waals surface area contributed by atoms with Crippen molar-refractivity contribution in [3.05, 3.63) is 29.8 Å². The van der Waals surface area contributed by atoms with Crippen molar-refractivity contribution in [2.45, 2.75) is 12.8 Å². The molecule has 1 aliphatic heterocycles. The Morgan fingerprint density at radius 3 is 2.54 bits per heavy atom. The first-order chi connectivity index (χ1) is 11.6. The number of likely N-dealkylation sites (tertiary alicyclic amines) is 1. The molecule has 24 heavy (non-hydrogen) atoms. The molecule has 0 aliphatic carbocycles. The maximum Gasteiger partial charge on any atom is 0.247 e. The quantitative estimate of drug-likeness (QED) is 0.590. The van der Waals surface area contributed by atoms with E-state index in [0.717, 1.165) is 12.8 Å². The molecule has 2 rings (SSSR count). The molecule has 0 unspecified atom stereocenters. The number of methoxy groups -OCH3 is 2. The van der Waals surface area contributed by atoms with E-state index in [4.69, 9.17) is 9.47 Å². The molecular weight excluding hydrogens is 308 g/mol. The molecule has 0 saturated carbocycles. The number of benzene rings is 1. The van der Waals surface area contributed by atoms with Crippen LogP contribution in [0.2, 0.25) is 0 Å². The predicted octanol–water partition coefficient (Wildman–Crippen LogP) is 2.05. The number of nitrogens with zero attached hydrogens (tertiary/aromatic N) is 2. The number of nitriles is 1. The van der Waals surface area contributed by atoms with Crippen LogP contribution in [0.25, 0.3) is 6.08 Å². The molecule has 1 aromatic rings. The summed E-state index contributed by atoms with van der Waals surface area (Å²) in [6, 6.07) is 7.09. The van der Waals surface area contributed by atoms with Crippen LogP contribution in [0.1, 0.15) is 18.4 Å². The molecular formula is C18H20N2O4. The summed E-state index contributed by atoms with van der Waals surface area (Å²) in [5.41, 5.74) is 0.635. The van der Waals surface area contributed by atoms with E-state index < -0.39 is 17.6 Å². The highest BCUT2D eigenvalue weighted by Crippen LogP contribution is 2.31. The van der Waals surface area contributed by atoms with E-state index in [1.165, 1.54) is 26.4 Å². The smallest absolute Gasteiger partial charge is 0.247 e. The van der Waals surface area contributed by atoms with E-state index in [-0.39, 0.29) is 0 Å². The minimum Gasteiger partial charge on any atom is -0.493 e. The third-order valence-corrected chi connectivity index (χ3v) is 3.94. The molecule has 1 saturated heterocycles. The molecule has 0 N–H and O–H groups in total. The zero-order valence-corrected chi connectivity index (χ0v) is 13.8. The lowest BCUT2D eigenvalue weighted by atomic mass is 10.0. The third-order valence-electron chi connectivity index (χ3n) is 3.94. The van der Waals surface area contributed by atoms with Gasteiger partial charge in [0.2, 0.25) is 5.91 Å². The van der Waals surface area contributed by atoms with Crippen molar-refractivity contribution in [3.8, 4) is 17.6 Å². The van der Waals surface area contributed by atoms with Crippen LogP contribution in [-0.2, 0) is 9.59 Å². The second-order valence-corrected chi connectivity index (χ2v) is 5.41. The van der Waals surface area contributed by atoms with E-state index in [2.05, 4.69) is 0 Å². The van der Waals surface area contributed by atoms with Crippen molar-refractivity contribution in [2.24, 2.45) is 5.92 Å². The van der Waals surface area contributed by atoms with Crippen molar-refractivity contribution in [3.63, 3.8) is 0 Å². The fourth-order valence-electron chi connectivity index (χ4n) is 2.67. The summed E-state index contributed by atoms with van der Waals surface area (Å²) in [6.45, 7) is 1.22. The van der Waals surface area contributed by atoms with Crippen molar-refractivity contribution in [1.29, 1.82) is 5.26 Å². The van der Waals surface area contributed by atoms with Gasteiger partial charge in [0.15, 0.2) is 23.2 Å². The second-order valence-electron chi connectivity index (χ2n) is 5.41. The summed E-state index contributed by atoms with van der Waals surface area (Å²) in [5.74, 6) is -1.21. The first-order valence-corrected chi connectivity index (χ1v) is 7.73. The molecule has 0 radical (unpaired) electrons. The Hall–Kier alpha value is -2.81. The van der Waals surface area contributed by atoms with Gasteiger partial charge in [0.1, 0.15) is 0 Å². The lowest BCUT2D eigenvalue weighted by molar-refractivity contribution is -0.136. The van der Waals surface area contributed by atoms with Crippen molar-refractivity contribution in [2.75, 3.05) is 27.3 Å². The summed E-state index contributed by atoms with van der Waals surface area (Å²) in [7, 11) is 3.03. The highest BCUT2D eigenvalue weighted by Gasteiger charge is 2.30. The van der Waals surface area contributed by atoms with Gasteiger partial charge in [-0.25, -0.2) is 0 Å². The minimum atomic E-state index is -1.30. The van der Waals surface area contributed by atoms with Gasteiger partial charge in [-0.15, -0.1) is 0 Å². The van der Waals surface area contributed by atoms with Crippen LogP contribution in [0, 0.1) is 17.2 Å². The number of carbonyl (C=O) groups is 2. The average Bonchev–Trinajstić information content (AvgIpc) is 3.14. The van der Waals surface area contributed by atoms with Crippen LogP contribution in [0.5, 0.6) is 11.5 Å². The van der Waals surface area contributed by atoms with E-state index in [0.29, 0.717) is 30.2 Å². The number of ether oxygens (including phenoxy) is 2. The summed E-state index contributed by atoms with van der Waals surface area (Å²) in [4.78, 5) is 26.1. The standard InChI is InChI=1S/C18H20N2O4/c1-23-16-7-5-6-13(17(16)24-2)8-9-15(21)14(12-19)18(22)20-10-3-4-11-20/h5-9,14H,3-4,10-11H2,1-2H3/b9-8-/t14-/m1/s1. The number of allylic oxidation sites excluding steroid dienone is 1. The third kappa shape index (κ3) is 3.74. The fourth-order valence-corrected chi connectivity index (χ4v) is 2.67. The van der Waals surface area contributed by atoms with Gasteiger partial charge in [-0.3, -0.25) is 9.59 Å². The Morgan fingerprint density at radius 1 is 1.25 bits per heavy atom. The largest absolute Gasteiger partial charge is 0.493 e. The molecule has 0 spiro atoms. The fraction of sp³-hybridized carbons (Fsp3) is 0.389. The Labute approximate surface area is 141 Å². The average molecular weight is 328 g/mol. The van der Waals surface area contributed by atoms with Gasteiger partial charge in [-0.1, -0.05) is 12.1 Å². The van der Waals surface area contributed by atoms with E-state index in [9.17, 15) is 14.9 Å². The lowest BCUT2D eigenvalue weighted by Crippen LogP contribution is -2.36. The van der Waals surface area contributed by atoms with E-state index in [1.807, 2.05) is 6.07 Å². The molecule has 1 amide bonds. The predicted molar refractivity (Wildman–Crippen MR) is 88.5 cm³/mol. The highest BCUT2D eigenvalue weighted by molar-refractivity contribution is 6.10. The summed E-state index contributed by atoms with van der Waals surface area (Å²) in [6.07, 6.45) is 4.61. The van der Waals surface area contributed by atoms with Crippen LogP contribution in [0.15, 0.2) is 24.3 Å². The first kappa shape index (κ1) is 17.5. The van der Waals surface area contributed by atoms with Gasteiger partial charge in [0, 0.05) is 18.7 Å². The SMILES string of the molecule is COc1cccc(/C=C\C(=O)[C@@H](C#N)C(=O)N2CCCC2)c1OC. The van der Waals surface area contributed by atoms with E-state index in [1.54, 1.807) is 23.1 Å². The number of hydrogen-bond acceptors (Lipinski definition) is 5. The van der Waals surface area contributed by atoms with Crippen molar-refractivity contribution in [1.82, 2.24) is 4.90 Å². The maximum atomic E-state index is 12.3. The normalized spacial score (nSPS) is 15.1. The Morgan fingerprint density at radius 2 is 1.96 bits per heavy atom. The van der Waals surface area contributed by atoms with Gasteiger partial charge in [-0.2, -0.15) is 5.26 Å². The van der Waals surface area contributed by atoms with Gasteiger partial charge in [-0.05, 0) is 31.1 Å². The molecule has 1 aromatic carbocycles. The van der Waals surface area contributed by atoms with Crippen LogP contribution in [0.3, 0.4) is 0 Å². The van der Waals surface area contributed by atoms with Crippen LogP contribution in [0.4, 0.5) is 0 Å². The summed E-state index contributed by atoms with van der Waals surface area (Å²) < 4.78 is 10.5. The molecule has 1 fully saturated rings. The topological polar surface area (TPSA) is 79.6 Å². The maximum absolute atomic E-state index is 12.3. The molecule has 126 valence electrons. The Bertz CT molecular complexity index is 685. The summed E-state index contributed by atoms with van der Waals surface area (Å²) in [5, 5.41) is 9.21. The van der Waals surface area contributed by atoms with E-state index >= 15 is 0 Å². The number of para-hydroxylation sites is 1. The second kappa shape index (κ2) is 8.16. The number of rotatable bonds is 6. The monoisotopic (exact) mass is 328 g/mol. The molecule has 6 heteroatoms. The molecule has 1 aliphatic rings. The Kier molecular flexibility index (Phi) is 5.96. The molecule has 1 heterocycles. The lowest BCUT2D eigenvalue weighted by Gasteiger charge is -2.17. The van der Waals surface area contributed by atoms with Gasteiger partial charge in [0.05, 0.1) is 20.3 Å². The van der Waals surface area contributed by atoms with Crippen LogP contribution >= 0.6 is 0 Å².